The van der Waals surface area contributed by atoms with Gasteiger partial charge in [-0.05, 0) is 6.92 Å². The number of nitrogens with one attached hydrogen (secondary N) is 1. The Morgan fingerprint density at radius 1 is 1.79 bits per heavy atom. The summed E-state index contributed by atoms with van der Waals surface area (Å²) in [6, 6.07) is 0. The van der Waals surface area contributed by atoms with Crippen molar-refractivity contribution in [2.24, 2.45) is 0 Å². The Morgan fingerprint density at radius 2 is 2.50 bits per heavy atom. The van der Waals surface area contributed by atoms with Crippen LogP contribution in [0.2, 0.25) is 0 Å². The second-order valence-electron chi connectivity index (χ2n) is 2.76. The monoisotopic (exact) mass is 220 g/mol. The Labute approximate surface area is 87.9 Å². The van der Waals surface area contributed by atoms with Gasteiger partial charge in [-0.25, -0.2) is 9.78 Å². The van der Waals surface area contributed by atoms with Crippen LogP contribution in [0.5, 0.6) is 0 Å². The van der Waals surface area contributed by atoms with Crippen LogP contribution in [0.15, 0.2) is 12.4 Å². The maximum Gasteiger partial charge on any atom is 0.329 e. The lowest BCUT2D eigenvalue weighted by atomic mass is 10.3. The van der Waals surface area contributed by atoms with Crippen LogP contribution in [-0.2, 0) is 16.0 Å². The van der Waals surface area contributed by atoms with Gasteiger partial charge in [-0.15, -0.1) is 12.4 Å². The van der Waals surface area contributed by atoms with E-state index in [4.69, 9.17) is 9.84 Å². The highest BCUT2D eigenvalue weighted by Crippen LogP contribution is 1.99. The number of nitrogens with zero attached hydrogens (tertiary/aromatic N) is 1. The normalized spacial score (nSPS) is 11.8. The molecule has 0 saturated carbocycles. The fourth-order valence-electron chi connectivity index (χ4n) is 0.954. The highest BCUT2D eigenvalue weighted by atomic mass is 35.5. The van der Waals surface area contributed by atoms with Crippen LogP contribution in [0.4, 0.5) is 0 Å². The third kappa shape index (κ3) is 4.84. The van der Waals surface area contributed by atoms with Gasteiger partial charge in [0.2, 0.25) is 0 Å². The maximum absolute atomic E-state index is 10.2. The first-order valence-electron chi connectivity index (χ1n) is 4.00. The fraction of sp³-hybridized carbons (Fsp3) is 0.500. The average Bonchev–Trinajstić information content (AvgIpc) is 2.53. The molecule has 1 heterocycles. The van der Waals surface area contributed by atoms with Crippen LogP contribution in [0.3, 0.4) is 0 Å². The lowest BCUT2D eigenvalue weighted by Crippen LogP contribution is -2.17. The van der Waals surface area contributed by atoms with Gasteiger partial charge in [-0.2, -0.15) is 0 Å². The number of rotatable bonds is 5. The number of imidazole rings is 1. The van der Waals surface area contributed by atoms with Gasteiger partial charge in [-0.3, -0.25) is 0 Å². The Morgan fingerprint density at radius 3 is 3.00 bits per heavy atom. The van der Waals surface area contributed by atoms with Gasteiger partial charge in [0.05, 0.1) is 6.10 Å². The molecule has 1 aromatic heterocycles. The van der Waals surface area contributed by atoms with Crippen LogP contribution in [-0.4, -0.2) is 33.8 Å². The third-order valence-electron chi connectivity index (χ3n) is 1.53. The summed E-state index contributed by atoms with van der Waals surface area (Å²) < 4.78 is 5.02. The lowest BCUT2D eigenvalue weighted by molar-refractivity contribution is -0.144. The summed E-state index contributed by atoms with van der Waals surface area (Å²) in [7, 11) is 0. The minimum atomic E-state index is -0.953. The number of ether oxygens (including phenoxy) is 1. The van der Waals surface area contributed by atoms with Crippen LogP contribution in [0.1, 0.15) is 12.7 Å². The molecule has 80 valence electrons. The SMILES string of the molecule is CC(Cc1ncc[nH]1)OCC(=O)O.Cl. The summed E-state index contributed by atoms with van der Waals surface area (Å²) in [5.74, 6) is -0.149. The lowest BCUT2D eigenvalue weighted by Gasteiger charge is -2.08. The second-order valence-corrected chi connectivity index (χ2v) is 2.76. The molecule has 5 nitrogen and oxygen atoms in total. The van der Waals surface area contributed by atoms with Crippen LogP contribution < -0.4 is 0 Å². The Kier molecular flexibility index (Phi) is 5.91. The van der Waals surface area contributed by atoms with Crippen molar-refractivity contribution < 1.29 is 14.6 Å². The molecule has 0 radical (unpaired) electrons. The topological polar surface area (TPSA) is 75.2 Å². The first-order chi connectivity index (χ1) is 6.18. The number of carbonyl (C=O) groups is 1. The number of carboxylic acid groups (broad SMARTS) is 1. The summed E-state index contributed by atoms with van der Waals surface area (Å²) in [5, 5.41) is 8.34. The van der Waals surface area contributed by atoms with E-state index < -0.39 is 5.97 Å². The van der Waals surface area contributed by atoms with Crippen molar-refractivity contribution in [2.45, 2.75) is 19.4 Å². The van der Waals surface area contributed by atoms with Gasteiger partial charge in [-0.1, -0.05) is 0 Å². The molecule has 0 aliphatic carbocycles. The van der Waals surface area contributed by atoms with E-state index >= 15 is 0 Å². The Balaban J connectivity index is 0.00000169. The zero-order valence-electron chi connectivity index (χ0n) is 7.77. The number of H-pyrrole nitrogens is 1. The standard InChI is InChI=1S/C8H12N2O3.ClH/c1-6(13-5-8(11)12)4-7-9-2-3-10-7;/h2-3,6H,4-5H2,1H3,(H,9,10)(H,11,12);1H. The molecule has 0 spiro atoms. The molecular formula is C8H13ClN2O3. The molecule has 2 N–H and O–H groups in total. The summed E-state index contributed by atoms with van der Waals surface area (Å²) in [6.45, 7) is 1.55. The summed E-state index contributed by atoms with van der Waals surface area (Å²) >= 11 is 0. The van der Waals surface area contributed by atoms with Crippen LogP contribution in [0, 0.1) is 0 Å². The van der Waals surface area contributed by atoms with E-state index in [9.17, 15) is 4.79 Å². The molecule has 0 aliphatic rings. The van der Waals surface area contributed by atoms with Crippen molar-refractivity contribution in [3.05, 3.63) is 18.2 Å². The zero-order valence-corrected chi connectivity index (χ0v) is 8.58. The molecule has 6 heteroatoms. The first kappa shape index (κ1) is 12.9. The van der Waals surface area contributed by atoms with Gasteiger partial charge >= 0.3 is 5.97 Å². The summed E-state index contributed by atoms with van der Waals surface area (Å²) in [6.07, 6.45) is 3.83. The minimum absolute atomic E-state index is 0. The van der Waals surface area contributed by atoms with E-state index in [1.165, 1.54) is 0 Å². The molecular weight excluding hydrogens is 208 g/mol. The molecule has 0 fully saturated rings. The van der Waals surface area contributed by atoms with Crippen molar-refractivity contribution in [2.75, 3.05) is 6.61 Å². The van der Waals surface area contributed by atoms with Crippen LogP contribution in [0.25, 0.3) is 0 Å². The summed E-state index contributed by atoms with van der Waals surface area (Å²) in [4.78, 5) is 17.1. The summed E-state index contributed by atoms with van der Waals surface area (Å²) in [5.41, 5.74) is 0. The number of carboxylic acids is 1. The molecule has 0 amide bonds. The largest absolute Gasteiger partial charge is 0.480 e. The predicted molar refractivity (Wildman–Crippen MR) is 52.6 cm³/mol. The molecule has 0 aliphatic heterocycles. The van der Waals surface area contributed by atoms with Gasteiger partial charge in [0.1, 0.15) is 12.4 Å². The molecule has 0 saturated heterocycles. The fourth-order valence-corrected chi connectivity index (χ4v) is 0.954. The van der Waals surface area contributed by atoms with E-state index in [1.54, 1.807) is 12.4 Å². The highest BCUT2D eigenvalue weighted by Gasteiger charge is 2.07. The smallest absolute Gasteiger partial charge is 0.329 e. The van der Waals surface area contributed by atoms with Gasteiger partial charge in [0, 0.05) is 18.8 Å². The average molecular weight is 221 g/mol. The highest BCUT2D eigenvalue weighted by molar-refractivity contribution is 5.85. The molecule has 14 heavy (non-hydrogen) atoms. The molecule has 1 atom stereocenters. The minimum Gasteiger partial charge on any atom is -0.480 e. The van der Waals surface area contributed by atoms with E-state index in [1.807, 2.05) is 6.92 Å². The Hall–Kier alpha value is -1.07. The van der Waals surface area contributed by atoms with E-state index in [0.717, 1.165) is 5.82 Å². The zero-order chi connectivity index (χ0) is 9.68. The van der Waals surface area contributed by atoms with Crippen molar-refractivity contribution in [1.82, 2.24) is 9.97 Å². The van der Waals surface area contributed by atoms with E-state index in [0.29, 0.717) is 6.42 Å². The molecule has 0 bridgehead atoms. The number of hydrogen-bond acceptors (Lipinski definition) is 3. The second kappa shape index (κ2) is 6.39. The number of hydrogen-bond donors (Lipinski definition) is 2. The number of halogens is 1. The van der Waals surface area contributed by atoms with Crippen molar-refractivity contribution in [1.29, 1.82) is 0 Å². The van der Waals surface area contributed by atoms with Crippen molar-refractivity contribution >= 4 is 18.4 Å². The number of aliphatic carboxylic acids is 1. The molecule has 1 rings (SSSR count). The van der Waals surface area contributed by atoms with Gasteiger partial charge in [0.25, 0.3) is 0 Å². The van der Waals surface area contributed by atoms with Crippen molar-refractivity contribution in [3.8, 4) is 0 Å². The van der Waals surface area contributed by atoms with Crippen LogP contribution >= 0.6 is 12.4 Å². The maximum atomic E-state index is 10.2. The first-order valence-corrected chi connectivity index (χ1v) is 4.00. The molecule has 1 unspecified atom stereocenters. The molecule has 0 aromatic carbocycles. The van der Waals surface area contributed by atoms with Gasteiger partial charge in [0.15, 0.2) is 0 Å². The van der Waals surface area contributed by atoms with Gasteiger partial charge < -0.3 is 14.8 Å². The van der Waals surface area contributed by atoms with Crippen molar-refractivity contribution in [3.63, 3.8) is 0 Å². The third-order valence-corrected chi connectivity index (χ3v) is 1.53. The Bertz CT molecular complexity index is 264. The van der Waals surface area contributed by atoms with E-state index in [-0.39, 0.29) is 25.1 Å². The number of aromatic nitrogens is 2. The quantitative estimate of drug-likeness (QED) is 0.772. The van der Waals surface area contributed by atoms with E-state index in [2.05, 4.69) is 9.97 Å². The number of aromatic amines is 1. The molecule has 1 aromatic rings. The predicted octanol–water partition coefficient (Wildman–Crippen LogP) is 0.864.